The van der Waals surface area contributed by atoms with Crippen LogP contribution in [0.2, 0.25) is 0 Å². The molecule has 5 atom stereocenters. The summed E-state index contributed by atoms with van der Waals surface area (Å²) < 4.78 is 12.3. The number of hydrogen-bond acceptors (Lipinski definition) is 7. The molecule has 1 aromatic carbocycles. The van der Waals surface area contributed by atoms with E-state index in [-0.39, 0.29) is 24.3 Å². The van der Waals surface area contributed by atoms with Gasteiger partial charge in [0.2, 0.25) is 17.7 Å². The number of aliphatic hydroxyl groups is 1. The fourth-order valence-electron chi connectivity index (χ4n) is 7.56. The van der Waals surface area contributed by atoms with Gasteiger partial charge in [0.05, 0.1) is 30.7 Å². The van der Waals surface area contributed by atoms with Crippen LogP contribution in [-0.2, 0) is 30.4 Å². The fraction of sp³-hybridized carbons (Fsp3) is 0.710. The smallest absolute Gasteiger partial charge is 0.245 e. The van der Waals surface area contributed by atoms with E-state index in [0.717, 1.165) is 50.9 Å². The van der Waals surface area contributed by atoms with E-state index in [4.69, 9.17) is 14.6 Å². The van der Waals surface area contributed by atoms with Gasteiger partial charge in [0, 0.05) is 45.9 Å². The Labute approximate surface area is 243 Å². The van der Waals surface area contributed by atoms with Gasteiger partial charge in [-0.25, -0.2) is 0 Å². The molecule has 2 bridgehead atoms. The van der Waals surface area contributed by atoms with Crippen molar-refractivity contribution in [3.05, 3.63) is 35.9 Å². The van der Waals surface area contributed by atoms with E-state index in [0.29, 0.717) is 52.1 Å². The molecule has 0 aromatic heterocycles. The Hall–Kier alpha value is -2.53. The van der Waals surface area contributed by atoms with Gasteiger partial charge in [0.15, 0.2) is 0 Å². The molecular weight excluding hydrogens is 524 g/mol. The van der Waals surface area contributed by atoms with Crippen LogP contribution >= 0.6 is 0 Å². The van der Waals surface area contributed by atoms with Crippen molar-refractivity contribution in [2.75, 3.05) is 52.5 Å². The van der Waals surface area contributed by atoms with E-state index in [1.807, 2.05) is 37.3 Å². The van der Waals surface area contributed by atoms with Gasteiger partial charge in [-0.15, -0.1) is 0 Å². The van der Waals surface area contributed by atoms with Crippen LogP contribution in [0.3, 0.4) is 0 Å². The molecule has 4 fully saturated rings. The van der Waals surface area contributed by atoms with Gasteiger partial charge in [-0.1, -0.05) is 50.1 Å². The summed E-state index contributed by atoms with van der Waals surface area (Å²) in [6.45, 7) is 7.24. The highest BCUT2D eigenvalue weighted by Crippen LogP contribution is 2.64. The Morgan fingerprint density at radius 3 is 2.49 bits per heavy atom. The fourth-order valence-corrected chi connectivity index (χ4v) is 7.56. The molecule has 4 aliphatic rings. The zero-order chi connectivity index (χ0) is 28.9. The van der Waals surface area contributed by atoms with Gasteiger partial charge in [-0.3, -0.25) is 19.3 Å². The van der Waals surface area contributed by atoms with Crippen molar-refractivity contribution in [3.8, 4) is 0 Å². The van der Waals surface area contributed by atoms with Crippen molar-refractivity contribution in [2.45, 2.75) is 75.7 Å². The molecule has 4 heterocycles. The number of ether oxygens (including phenoxy) is 2. The van der Waals surface area contributed by atoms with Gasteiger partial charge in [-0.05, 0) is 37.7 Å². The predicted molar refractivity (Wildman–Crippen MR) is 153 cm³/mol. The quantitative estimate of drug-likeness (QED) is 0.290. The molecule has 0 aliphatic carbocycles. The molecule has 0 saturated carbocycles. The number of nitrogens with zero attached hydrogens (tertiary/aromatic N) is 2. The number of carbonyl (C=O) groups excluding carboxylic acids is 3. The second kappa shape index (κ2) is 13.2. The highest BCUT2D eigenvalue weighted by Gasteiger charge is 2.78. The minimum Gasteiger partial charge on any atom is -0.396 e. The highest BCUT2D eigenvalue weighted by atomic mass is 16.5. The molecule has 0 radical (unpaired) electrons. The Morgan fingerprint density at radius 2 is 1.76 bits per heavy atom. The lowest BCUT2D eigenvalue weighted by atomic mass is 9.65. The van der Waals surface area contributed by atoms with Gasteiger partial charge in [0.1, 0.15) is 11.6 Å². The Balaban J connectivity index is 1.35. The normalized spacial score (nSPS) is 30.9. The lowest BCUT2D eigenvalue weighted by molar-refractivity contribution is -0.147. The van der Waals surface area contributed by atoms with E-state index < -0.39 is 29.1 Å². The standard InChI is InChI=1S/C31H46N4O6/c1-2-30-12-13-31(41-30)25(24(30)27(37)33-22-23-10-6-5-7-11-23)29(39)35(15-8-3-4-9-19-36)26(31)28(38)32-14-16-34-17-20-40-21-18-34/h5-7,10-11,24-26,36H,2-4,8-9,12-22H2,1H3,(H,32,38)(H,33,37)/t24-,25+,26?,30+,31?/m1/s1. The van der Waals surface area contributed by atoms with Crippen LogP contribution in [0.1, 0.15) is 57.4 Å². The van der Waals surface area contributed by atoms with Gasteiger partial charge in [0.25, 0.3) is 0 Å². The van der Waals surface area contributed by atoms with Crippen molar-refractivity contribution in [1.82, 2.24) is 20.4 Å². The summed E-state index contributed by atoms with van der Waals surface area (Å²) >= 11 is 0. The number of fused-ring (bicyclic) bond motifs is 1. The molecule has 4 saturated heterocycles. The van der Waals surface area contributed by atoms with Crippen LogP contribution in [-0.4, -0.2) is 102 Å². The average molecular weight is 571 g/mol. The Morgan fingerprint density at radius 1 is 1.00 bits per heavy atom. The second-order valence-corrected chi connectivity index (χ2v) is 12.0. The topological polar surface area (TPSA) is 120 Å². The molecule has 1 spiro atoms. The van der Waals surface area contributed by atoms with E-state index in [1.54, 1.807) is 4.90 Å². The zero-order valence-electron chi connectivity index (χ0n) is 24.3. The van der Waals surface area contributed by atoms with Crippen LogP contribution in [0.25, 0.3) is 0 Å². The predicted octanol–water partition coefficient (Wildman–Crippen LogP) is 1.46. The summed E-state index contributed by atoms with van der Waals surface area (Å²) in [4.78, 5) is 45.9. The number of rotatable bonds is 14. The number of carbonyl (C=O) groups is 3. The molecule has 226 valence electrons. The summed E-state index contributed by atoms with van der Waals surface area (Å²) in [7, 11) is 0. The number of likely N-dealkylation sites (tertiary alicyclic amines) is 1. The third kappa shape index (κ3) is 5.89. The monoisotopic (exact) mass is 570 g/mol. The van der Waals surface area contributed by atoms with E-state index in [1.165, 1.54) is 0 Å². The minimum absolute atomic E-state index is 0.143. The van der Waals surface area contributed by atoms with Crippen LogP contribution < -0.4 is 10.6 Å². The minimum atomic E-state index is -1.00. The van der Waals surface area contributed by atoms with Crippen molar-refractivity contribution in [3.63, 3.8) is 0 Å². The number of morpholine rings is 1. The molecular formula is C31H46N4O6. The first kappa shape index (κ1) is 29.9. The summed E-state index contributed by atoms with van der Waals surface area (Å²) in [5, 5.41) is 15.3. The maximum atomic E-state index is 14.2. The average Bonchev–Trinajstić information content (AvgIpc) is 3.60. The second-order valence-electron chi connectivity index (χ2n) is 12.0. The molecule has 5 rings (SSSR count). The SMILES string of the molecule is CC[C@@]12CCC3(O1)C(C(=O)NCCN1CCOCC1)N(CCCCCCO)C(=O)[C@@H]3[C@@H]2C(=O)NCc1ccccc1. The zero-order valence-corrected chi connectivity index (χ0v) is 24.3. The number of hydrogen-bond donors (Lipinski definition) is 3. The van der Waals surface area contributed by atoms with Crippen LogP contribution in [0.15, 0.2) is 30.3 Å². The Bertz CT molecular complexity index is 1070. The first-order valence-electron chi connectivity index (χ1n) is 15.5. The van der Waals surface area contributed by atoms with E-state index in [9.17, 15) is 14.4 Å². The summed E-state index contributed by atoms with van der Waals surface area (Å²) in [5.41, 5.74) is -0.763. The maximum Gasteiger partial charge on any atom is 0.245 e. The number of unbranched alkanes of at least 4 members (excludes halogenated alkanes) is 3. The lowest BCUT2D eigenvalue weighted by Gasteiger charge is -2.34. The lowest BCUT2D eigenvalue weighted by Crippen LogP contribution is -2.56. The highest BCUT2D eigenvalue weighted by molar-refractivity contribution is 5.99. The first-order chi connectivity index (χ1) is 20.0. The van der Waals surface area contributed by atoms with Crippen LogP contribution in [0, 0.1) is 11.8 Å². The Kier molecular flexibility index (Phi) is 9.63. The third-order valence-corrected chi connectivity index (χ3v) is 9.66. The first-order valence-corrected chi connectivity index (χ1v) is 15.5. The van der Waals surface area contributed by atoms with Crippen molar-refractivity contribution >= 4 is 17.7 Å². The summed E-state index contributed by atoms with van der Waals surface area (Å²) in [6.07, 6.45) is 5.01. The maximum absolute atomic E-state index is 14.2. The molecule has 10 nitrogen and oxygen atoms in total. The van der Waals surface area contributed by atoms with Gasteiger partial charge >= 0.3 is 0 Å². The number of nitrogens with one attached hydrogen (secondary N) is 2. The van der Waals surface area contributed by atoms with Crippen molar-refractivity contribution < 1.29 is 29.0 Å². The number of benzene rings is 1. The molecule has 3 amide bonds. The van der Waals surface area contributed by atoms with Crippen molar-refractivity contribution in [2.24, 2.45) is 11.8 Å². The third-order valence-electron chi connectivity index (χ3n) is 9.66. The van der Waals surface area contributed by atoms with Crippen LogP contribution in [0.4, 0.5) is 0 Å². The van der Waals surface area contributed by atoms with E-state index in [2.05, 4.69) is 15.5 Å². The molecule has 3 N–H and O–H groups in total. The largest absolute Gasteiger partial charge is 0.396 e. The van der Waals surface area contributed by atoms with Gasteiger partial charge in [-0.2, -0.15) is 0 Å². The molecule has 10 heteroatoms. The molecule has 4 aliphatic heterocycles. The van der Waals surface area contributed by atoms with Crippen LogP contribution in [0.5, 0.6) is 0 Å². The number of aliphatic hydroxyl groups excluding tert-OH is 1. The number of amides is 3. The summed E-state index contributed by atoms with van der Waals surface area (Å²) in [5.74, 6) is -1.83. The van der Waals surface area contributed by atoms with Crippen molar-refractivity contribution in [1.29, 1.82) is 0 Å². The molecule has 41 heavy (non-hydrogen) atoms. The summed E-state index contributed by atoms with van der Waals surface area (Å²) in [6, 6.07) is 8.98. The molecule has 1 aromatic rings. The molecule has 2 unspecified atom stereocenters. The van der Waals surface area contributed by atoms with Gasteiger partial charge < -0.3 is 30.1 Å². The van der Waals surface area contributed by atoms with E-state index >= 15 is 0 Å².